The van der Waals surface area contributed by atoms with Crippen LogP contribution >= 0.6 is 0 Å². The van der Waals surface area contributed by atoms with Crippen molar-refractivity contribution in [2.45, 2.75) is 26.3 Å². The highest BCUT2D eigenvalue weighted by Gasteiger charge is 2.14. The molecule has 0 radical (unpaired) electrons. The van der Waals surface area contributed by atoms with Crippen molar-refractivity contribution >= 4 is 5.69 Å². The van der Waals surface area contributed by atoms with Crippen molar-refractivity contribution in [2.24, 2.45) is 13.0 Å². The maximum atomic E-state index is 4.45. The number of aryl methyl sites for hydroxylation is 1. The monoisotopic (exact) mass is 244 g/mol. The van der Waals surface area contributed by atoms with Crippen molar-refractivity contribution in [1.82, 2.24) is 14.8 Å². The molecular formula is C14H20N4. The van der Waals surface area contributed by atoms with E-state index in [1.54, 1.807) is 4.68 Å². The molecular weight excluding hydrogens is 224 g/mol. The number of aromatic nitrogens is 3. The van der Waals surface area contributed by atoms with Crippen molar-refractivity contribution in [3.8, 4) is 0 Å². The van der Waals surface area contributed by atoms with Crippen LogP contribution < -0.4 is 5.32 Å². The van der Waals surface area contributed by atoms with Gasteiger partial charge in [0.15, 0.2) is 0 Å². The normalized spacial score (nSPS) is 12.7. The maximum absolute atomic E-state index is 4.45. The zero-order valence-electron chi connectivity index (χ0n) is 11.2. The first-order valence-electron chi connectivity index (χ1n) is 6.31. The minimum Gasteiger partial charge on any atom is -0.374 e. The van der Waals surface area contributed by atoms with Crippen LogP contribution in [0, 0.1) is 5.92 Å². The summed E-state index contributed by atoms with van der Waals surface area (Å²) in [6.45, 7) is 4.45. The Balaban J connectivity index is 2.15. The van der Waals surface area contributed by atoms with Crippen molar-refractivity contribution in [2.75, 3.05) is 5.32 Å². The number of hydrogen-bond acceptors (Lipinski definition) is 3. The lowest BCUT2D eigenvalue weighted by molar-refractivity contribution is 0.524. The smallest absolute Gasteiger partial charge is 0.0731 e. The van der Waals surface area contributed by atoms with Crippen LogP contribution in [0.3, 0.4) is 0 Å². The summed E-state index contributed by atoms with van der Waals surface area (Å²) in [5, 5.41) is 7.68. The molecule has 0 aliphatic carbocycles. The van der Waals surface area contributed by atoms with Crippen LogP contribution in [0.5, 0.6) is 0 Å². The first-order chi connectivity index (χ1) is 8.65. The van der Waals surface area contributed by atoms with E-state index in [0.29, 0.717) is 5.92 Å². The Labute approximate surface area is 108 Å². The highest BCUT2D eigenvalue weighted by molar-refractivity contribution is 5.40. The Hall–Kier alpha value is -1.84. The minimum absolute atomic E-state index is 0.232. The van der Waals surface area contributed by atoms with Gasteiger partial charge < -0.3 is 5.32 Å². The van der Waals surface area contributed by atoms with E-state index in [0.717, 1.165) is 17.8 Å². The van der Waals surface area contributed by atoms with Gasteiger partial charge in [-0.3, -0.25) is 9.67 Å². The maximum Gasteiger partial charge on any atom is 0.0731 e. The predicted molar refractivity (Wildman–Crippen MR) is 73.3 cm³/mol. The van der Waals surface area contributed by atoms with Crippen LogP contribution in [-0.4, -0.2) is 14.8 Å². The molecule has 2 aromatic rings. The van der Waals surface area contributed by atoms with Gasteiger partial charge >= 0.3 is 0 Å². The van der Waals surface area contributed by atoms with Crippen molar-refractivity contribution in [3.05, 3.63) is 42.5 Å². The van der Waals surface area contributed by atoms with Crippen molar-refractivity contribution in [1.29, 1.82) is 0 Å². The summed E-state index contributed by atoms with van der Waals surface area (Å²) in [6, 6.07) is 6.27. The van der Waals surface area contributed by atoms with Crippen LogP contribution in [0.15, 0.2) is 36.8 Å². The van der Waals surface area contributed by atoms with Gasteiger partial charge in [-0.05, 0) is 24.5 Å². The topological polar surface area (TPSA) is 42.7 Å². The van der Waals surface area contributed by atoms with Crippen LogP contribution in [0.4, 0.5) is 5.69 Å². The lowest BCUT2D eigenvalue weighted by Gasteiger charge is -2.20. The zero-order valence-corrected chi connectivity index (χ0v) is 11.2. The van der Waals surface area contributed by atoms with E-state index in [9.17, 15) is 0 Å². The van der Waals surface area contributed by atoms with Gasteiger partial charge in [0.05, 0.1) is 23.6 Å². The van der Waals surface area contributed by atoms with Crippen LogP contribution in [0.2, 0.25) is 0 Å². The third-order valence-corrected chi connectivity index (χ3v) is 2.80. The Morgan fingerprint density at radius 2 is 2.17 bits per heavy atom. The van der Waals surface area contributed by atoms with Gasteiger partial charge in [0.1, 0.15) is 0 Å². The average molecular weight is 244 g/mol. The molecule has 1 atom stereocenters. The highest BCUT2D eigenvalue weighted by atomic mass is 15.3. The van der Waals surface area contributed by atoms with E-state index in [4.69, 9.17) is 0 Å². The van der Waals surface area contributed by atoms with Gasteiger partial charge in [-0.25, -0.2) is 0 Å². The molecule has 2 heterocycles. The minimum atomic E-state index is 0.232. The van der Waals surface area contributed by atoms with E-state index in [-0.39, 0.29) is 6.04 Å². The first-order valence-corrected chi connectivity index (χ1v) is 6.31. The number of anilines is 1. The fourth-order valence-corrected chi connectivity index (χ4v) is 2.00. The lowest BCUT2D eigenvalue weighted by Crippen LogP contribution is -2.14. The Morgan fingerprint density at radius 1 is 1.33 bits per heavy atom. The molecule has 1 unspecified atom stereocenters. The summed E-state index contributed by atoms with van der Waals surface area (Å²) in [7, 11) is 1.92. The zero-order chi connectivity index (χ0) is 13.0. The molecule has 4 heteroatoms. The second kappa shape index (κ2) is 5.67. The van der Waals surface area contributed by atoms with E-state index in [1.807, 2.05) is 37.8 Å². The molecule has 2 aromatic heterocycles. The Bertz CT molecular complexity index is 476. The van der Waals surface area contributed by atoms with Crippen LogP contribution in [0.25, 0.3) is 0 Å². The highest BCUT2D eigenvalue weighted by Crippen LogP contribution is 2.24. The van der Waals surface area contributed by atoms with E-state index in [2.05, 4.69) is 35.3 Å². The van der Waals surface area contributed by atoms with E-state index in [1.165, 1.54) is 0 Å². The third kappa shape index (κ3) is 3.32. The second-order valence-electron chi connectivity index (χ2n) is 4.98. The fraction of sp³-hybridized carbons (Fsp3) is 0.429. The van der Waals surface area contributed by atoms with Gasteiger partial charge in [0, 0.05) is 19.4 Å². The van der Waals surface area contributed by atoms with Crippen molar-refractivity contribution in [3.63, 3.8) is 0 Å². The summed E-state index contributed by atoms with van der Waals surface area (Å²) in [5.74, 6) is 0.612. The number of pyridine rings is 1. The first kappa shape index (κ1) is 12.6. The summed E-state index contributed by atoms with van der Waals surface area (Å²) >= 11 is 0. The molecule has 0 aromatic carbocycles. The molecule has 0 aliphatic rings. The number of rotatable bonds is 5. The predicted octanol–water partition coefficient (Wildman–Crippen LogP) is 3.01. The Morgan fingerprint density at radius 3 is 2.72 bits per heavy atom. The lowest BCUT2D eigenvalue weighted by atomic mass is 10.0. The molecule has 1 N–H and O–H groups in total. The SMILES string of the molecule is CC(C)CC(Nc1cnn(C)c1)c1ccccn1. The summed E-state index contributed by atoms with van der Waals surface area (Å²) in [6.07, 6.45) is 6.71. The average Bonchev–Trinajstić information content (AvgIpc) is 2.75. The number of nitrogens with one attached hydrogen (secondary N) is 1. The molecule has 96 valence electrons. The molecule has 0 fully saturated rings. The third-order valence-electron chi connectivity index (χ3n) is 2.80. The van der Waals surface area contributed by atoms with Crippen molar-refractivity contribution < 1.29 is 0 Å². The van der Waals surface area contributed by atoms with Crippen LogP contribution in [0.1, 0.15) is 32.0 Å². The Kier molecular flexibility index (Phi) is 3.97. The molecule has 18 heavy (non-hydrogen) atoms. The van der Waals surface area contributed by atoms with E-state index < -0.39 is 0 Å². The largest absolute Gasteiger partial charge is 0.374 e. The second-order valence-corrected chi connectivity index (χ2v) is 4.98. The summed E-state index contributed by atoms with van der Waals surface area (Å²) in [5.41, 5.74) is 2.11. The molecule has 0 saturated heterocycles. The number of hydrogen-bond donors (Lipinski definition) is 1. The van der Waals surface area contributed by atoms with Gasteiger partial charge in [0.2, 0.25) is 0 Å². The number of nitrogens with zero attached hydrogens (tertiary/aromatic N) is 3. The molecule has 0 amide bonds. The van der Waals surface area contributed by atoms with E-state index >= 15 is 0 Å². The quantitative estimate of drug-likeness (QED) is 0.879. The van der Waals surface area contributed by atoms with Crippen LogP contribution in [-0.2, 0) is 7.05 Å². The molecule has 0 aliphatic heterocycles. The van der Waals surface area contributed by atoms with Gasteiger partial charge in [0.25, 0.3) is 0 Å². The van der Waals surface area contributed by atoms with Gasteiger partial charge in [-0.2, -0.15) is 5.10 Å². The molecule has 4 nitrogen and oxygen atoms in total. The summed E-state index contributed by atoms with van der Waals surface area (Å²) < 4.78 is 1.80. The molecule has 0 saturated carbocycles. The molecule has 0 bridgehead atoms. The van der Waals surface area contributed by atoms with Gasteiger partial charge in [-0.15, -0.1) is 0 Å². The molecule has 0 spiro atoms. The molecule has 2 rings (SSSR count). The van der Waals surface area contributed by atoms with Gasteiger partial charge in [-0.1, -0.05) is 19.9 Å². The standard InChI is InChI=1S/C14H20N4/c1-11(2)8-14(13-6-4-5-7-15-13)17-12-9-16-18(3)10-12/h4-7,9-11,14,17H,8H2,1-3H3. The summed E-state index contributed by atoms with van der Waals surface area (Å²) in [4.78, 5) is 4.45. The fourth-order valence-electron chi connectivity index (χ4n) is 2.00.